The third-order valence-electron chi connectivity index (χ3n) is 6.33. The molecule has 0 aliphatic carbocycles. The summed E-state index contributed by atoms with van der Waals surface area (Å²) in [7, 11) is 2.08. The van der Waals surface area contributed by atoms with Crippen LogP contribution in [-0.4, -0.2) is 40.0 Å². The van der Waals surface area contributed by atoms with Gasteiger partial charge in [0.25, 0.3) is 0 Å². The SMILES string of the molecule is Cn1c(N2CCC(C(=O)N3CCc4ccccc4C3)CC2)nc2ccccc21. The first-order valence-corrected chi connectivity index (χ1v) is 10.2. The Hall–Kier alpha value is -2.82. The van der Waals surface area contributed by atoms with Crippen LogP contribution < -0.4 is 4.90 Å². The number of para-hydroxylation sites is 2. The van der Waals surface area contributed by atoms with Crippen molar-refractivity contribution >= 4 is 22.9 Å². The standard InChI is InChI=1S/C23H26N4O/c1-25-21-9-5-4-8-20(21)24-23(25)26-13-11-18(12-14-26)22(28)27-15-10-17-6-2-3-7-19(17)16-27/h2-9,18H,10-16H2,1H3. The maximum atomic E-state index is 13.1. The van der Waals surface area contributed by atoms with E-state index in [4.69, 9.17) is 4.98 Å². The van der Waals surface area contributed by atoms with E-state index in [0.29, 0.717) is 5.91 Å². The number of aromatic nitrogens is 2. The predicted octanol–water partition coefficient (Wildman–Crippen LogP) is 3.37. The number of hydrogen-bond acceptors (Lipinski definition) is 3. The predicted molar refractivity (Wildman–Crippen MR) is 111 cm³/mol. The van der Waals surface area contributed by atoms with Crippen molar-refractivity contribution in [3.63, 3.8) is 0 Å². The van der Waals surface area contributed by atoms with Crippen LogP contribution in [0.25, 0.3) is 11.0 Å². The summed E-state index contributed by atoms with van der Waals surface area (Å²) in [5.41, 5.74) is 4.88. The monoisotopic (exact) mass is 374 g/mol. The van der Waals surface area contributed by atoms with Gasteiger partial charge in [-0.2, -0.15) is 0 Å². The van der Waals surface area contributed by atoms with E-state index in [1.54, 1.807) is 0 Å². The van der Waals surface area contributed by atoms with Crippen LogP contribution in [0.2, 0.25) is 0 Å². The molecule has 5 nitrogen and oxygen atoms in total. The molecule has 0 spiro atoms. The number of benzene rings is 2. The Kier molecular flexibility index (Phi) is 4.30. The lowest BCUT2D eigenvalue weighted by atomic mass is 9.93. The third kappa shape index (κ3) is 2.95. The molecule has 28 heavy (non-hydrogen) atoms. The van der Waals surface area contributed by atoms with E-state index in [0.717, 1.165) is 62.4 Å². The van der Waals surface area contributed by atoms with Crippen LogP contribution in [0.15, 0.2) is 48.5 Å². The van der Waals surface area contributed by atoms with Gasteiger partial charge in [0.15, 0.2) is 0 Å². The smallest absolute Gasteiger partial charge is 0.226 e. The fraction of sp³-hybridized carbons (Fsp3) is 0.391. The van der Waals surface area contributed by atoms with Crippen LogP contribution in [0.3, 0.4) is 0 Å². The molecule has 5 heteroatoms. The molecule has 0 atom stereocenters. The average molecular weight is 374 g/mol. The second kappa shape index (κ2) is 6.97. The first-order chi connectivity index (χ1) is 13.7. The molecule has 0 N–H and O–H groups in total. The Bertz CT molecular complexity index is 1020. The van der Waals surface area contributed by atoms with Crippen LogP contribution in [0.5, 0.6) is 0 Å². The quantitative estimate of drug-likeness (QED) is 0.691. The zero-order chi connectivity index (χ0) is 19.1. The summed E-state index contributed by atoms with van der Waals surface area (Å²) in [6.45, 7) is 3.39. The van der Waals surface area contributed by atoms with Gasteiger partial charge in [0.1, 0.15) is 0 Å². The highest BCUT2D eigenvalue weighted by Gasteiger charge is 2.31. The van der Waals surface area contributed by atoms with Crippen molar-refractivity contribution in [1.82, 2.24) is 14.5 Å². The van der Waals surface area contributed by atoms with Crippen molar-refractivity contribution in [3.8, 4) is 0 Å². The summed E-state index contributed by atoms with van der Waals surface area (Å²) < 4.78 is 2.17. The van der Waals surface area contributed by atoms with Crippen molar-refractivity contribution in [2.24, 2.45) is 13.0 Å². The van der Waals surface area contributed by atoms with Gasteiger partial charge in [-0.15, -0.1) is 0 Å². The molecule has 0 unspecified atom stereocenters. The molecule has 0 bridgehead atoms. The highest BCUT2D eigenvalue weighted by molar-refractivity contribution is 5.80. The van der Waals surface area contributed by atoms with E-state index in [-0.39, 0.29) is 5.92 Å². The molecule has 1 fully saturated rings. The first kappa shape index (κ1) is 17.3. The van der Waals surface area contributed by atoms with Gasteiger partial charge in [0.05, 0.1) is 11.0 Å². The Labute approximate surface area is 165 Å². The highest BCUT2D eigenvalue weighted by atomic mass is 16.2. The molecule has 144 valence electrons. The van der Waals surface area contributed by atoms with Gasteiger partial charge < -0.3 is 14.4 Å². The largest absolute Gasteiger partial charge is 0.342 e. The molecule has 2 aromatic carbocycles. The number of rotatable bonds is 2. The van der Waals surface area contributed by atoms with Gasteiger partial charge in [-0.3, -0.25) is 4.79 Å². The minimum atomic E-state index is 0.135. The van der Waals surface area contributed by atoms with Crippen LogP contribution in [0.4, 0.5) is 5.95 Å². The van der Waals surface area contributed by atoms with Gasteiger partial charge in [-0.05, 0) is 42.5 Å². The Morgan fingerprint density at radius 1 is 0.964 bits per heavy atom. The highest BCUT2D eigenvalue weighted by Crippen LogP contribution is 2.28. The van der Waals surface area contributed by atoms with Crippen molar-refractivity contribution in [1.29, 1.82) is 0 Å². The van der Waals surface area contributed by atoms with Gasteiger partial charge in [-0.25, -0.2) is 4.98 Å². The molecule has 1 aromatic heterocycles. The van der Waals surface area contributed by atoms with E-state index in [1.807, 2.05) is 6.07 Å². The number of carbonyl (C=O) groups excluding carboxylic acids is 1. The molecule has 2 aliphatic heterocycles. The van der Waals surface area contributed by atoms with Gasteiger partial charge in [0, 0.05) is 39.1 Å². The molecule has 3 heterocycles. The summed E-state index contributed by atoms with van der Waals surface area (Å²) in [6.07, 6.45) is 2.78. The molecule has 5 rings (SSSR count). The Balaban J connectivity index is 1.26. The zero-order valence-corrected chi connectivity index (χ0v) is 16.3. The van der Waals surface area contributed by atoms with Gasteiger partial charge in [0.2, 0.25) is 11.9 Å². The number of imidazole rings is 1. The lowest BCUT2D eigenvalue weighted by Crippen LogP contribution is -2.44. The third-order valence-corrected chi connectivity index (χ3v) is 6.33. The molecule has 2 aliphatic rings. The maximum absolute atomic E-state index is 13.1. The van der Waals surface area contributed by atoms with Crippen molar-refractivity contribution in [2.45, 2.75) is 25.8 Å². The van der Waals surface area contributed by atoms with Crippen LogP contribution in [0.1, 0.15) is 24.0 Å². The fourth-order valence-electron chi connectivity index (χ4n) is 4.68. The summed E-state index contributed by atoms with van der Waals surface area (Å²) in [5, 5.41) is 0. The van der Waals surface area contributed by atoms with Crippen LogP contribution in [-0.2, 0) is 24.8 Å². The molecular weight excluding hydrogens is 348 g/mol. The maximum Gasteiger partial charge on any atom is 0.226 e. The minimum Gasteiger partial charge on any atom is -0.342 e. The van der Waals surface area contributed by atoms with Crippen molar-refractivity contribution < 1.29 is 4.79 Å². The zero-order valence-electron chi connectivity index (χ0n) is 16.3. The number of hydrogen-bond donors (Lipinski definition) is 0. The lowest BCUT2D eigenvalue weighted by Gasteiger charge is -2.36. The molecule has 0 saturated carbocycles. The lowest BCUT2D eigenvalue weighted by molar-refractivity contribution is -0.137. The van der Waals surface area contributed by atoms with E-state index in [2.05, 4.69) is 63.9 Å². The number of carbonyl (C=O) groups is 1. The number of anilines is 1. The fourth-order valence-corrected chi connectivity index (χ4v) is 4.68. The number of aryl methyl sites for hydroxylation is 1. The van der Waals surface area contributed by atoms with Gasteiger partial charge >= 0.3 is 0 Å². The van der Waals surface area contributed by atoms with Crippen molar-refractivity contribution in [2.75, 3.05) is 24.5 Å². The minimum absolute atomic E-state index is 0.135. The average Bonchev–Trinajstić information content (AvgIpc) is 3.10. The normalized spacial score (nSPS) is 17.8. The molecule has 1 saturated heterocycles. The van der Waals surface area contributed by atoms with Gasteiger partial charge in [-0.1, -0.05) is 36.4 Å². The summed E-state index contributed by atoms with van der Waals surface area (Å²) in [4.78, 5) is 22.3. The van der Waals surface area contributed by atoms with E-state index >= 15 is 0 Å². The molecule has 1 amide bonds. The topological polar surface area (TPSA) is 41.4 Å². The number of nitrogens with zero attached hydrogens (tertiary/aromatic N) is 4. The second-order valence-corrected chi connectivity index (χ2v) is 8.00. The number of piperidine rings is 1. The van der Waals surface area contributed by atoms with E-state index in [9.17, 15) is 4.79 Å². The first-order valence-electron chi connectivity index (χ1n) is 10.2. The number of fused-ring (bicyclic) bond motifs is 2. The Morgan fingerprint density at radius 2 is 1.68 bits per heavy atom. The van der Waals surface area contributed by atoms with Crippen LogP contribution >= 0.6 is 0 Å². The summed E-state index contributed by atoms with van der Waals surface area (Å²) in [5.74, 6) is 1.48. The molecule has 0 radical (unpaired) electrons. The molecule has 3 aromatic rings. The molecular formula is C23H26N4O. The van der Waals surface area contributed by atoms with E-state index in [1.165, 1.54) is 11.1 Å². The second-order valence-electron chi connectivity index (χ2n) is 8.00. The van der Waals surface area contributed by atoms with Crippen LogP contribution in [0, 0.1) is 5.92 Å². The summed E-state index contributed by atoms with van der Waals surface area (Å²) >= 11 is 0. The summed E-state index contributed by atoms with van der Waals surface area (Å²) in [6, 6.07) is 16.8. The van der Waals surface area contributed by atoms with E-state index < -0.39 is 0 Å². The van der Waals surface area contributed by atoms with Crippen molar-refractivity contribution in [3.05, 3.63) is 59.7 Å². The number of amides is 1. The Morgan fingerprint density at radius 3 is 2.46 bits per heavy atom.